The molecule has 0 radical (unpaired) electrons. The molecule has 5 heteroatoms. The van der Waals surface area contributed by atoms with Crippen LogP contribution in [0.4, 0.5) is 0 Å². The van der Waals surface area contributed by atoms with E-state index in [9.17, 15) is 9.59 Å². The van der Waals surface area contributed by atoms with Crippen LogP contribution in [-0.2, 0) is 6.54 Å². The number of benzene rings is 1. The molecule has 1 aromatic rings. The molecule has 0 aliphatic heterocycles. The minimum atomic E-state index is -1.10. The molecule has 0 aliphatic rings. The molecule has 0 amide bonds. The van der Waals surface area contributed by atoms with Crippen LogP contribution < -0.4 is 0 Å². The molecule has 0 bridgehead atoms. The van der Waals surface area contributed by atoms with Gasteiger partial charge in [-0.2, -0.15) is 0 Å². The highest BCUT2D eigenvalue weighted by molar-refractivity contribution is 5.97. The first-order valence-corrected chi connectivity index (χ1v) is 5.07. The van der Waals surface area contributed by atoms with Crippen LogP contribution in [0.2, 0.25) is 0 Å². The van der Waals surface area contributed by atoms with Crippen molar-refractivity contribution in [3.05, 3.63) is 34.4 Å². The van der Waals surface area contributed by atoms with Crippen molar-refractivity contribution in [3.8, 4) is 0 Å². The topological polar surface area (TPSA) is 77.8 Å². The highest BCUT2D eigenvalue weighted by Gasteiger charge is 2.19. The largest absolute Gasteiger partial charge is 0.478 e. The second kappa shape index (κ2) is 4.97. The maximum absolute atomic E-state index is 11.1. The minimum Gasteiger partial charge on any atom is -0.478 e. The summed E-state index contributed by atoms with van der Waals surface area (Å²) >= 11 is 0. The number of hydrogen-bond acceptors (Lipinski definition) is 3. The van der Waals surface area contributed by atoms with Crippen molar-refractivity contribution in [2.75, 3.05) is 14.1 Å². The van der Waals surface area contributed by atoms with E-state index in [0.717, 1.165) is 0 Å². The zero-order valence-corrected chi connectivity index (χ0v) is 10.0. The van der Waals surface area contributed by atoms with Gasteiger partial charge in [0.15, 0.2) is 0 Å². The number of carboxylic acid groups (broad SMARTS) is 2. The minimum absolute atomic E-state index is 0.0519. The average Bonchev–Trinajstić information content (AvgIpc) is 2.18. The van der Waals surface area contributed by atoms with Crippen molar-refractivity contribution < 1.29 is 19.8 Å². The maximum Gasteiger partial charge on any atom is 0.336 e. The van der Waals surface area contributed by atoms with Gasteiger partial charge in [-0.1, -0.05) is 0 Å². The van der Waals surface area contributed by atoms with Crippen LogP contribution in [0.3, 0.4) is 0 Å². The fourth-order valence-electron chi connectivity index (χ4n) is 1.68. The van der Waals surface area contributed by atoms with Gasteiger partial charge < -0.3 is 15.1 Å². The first-order valence-electron chi connectivity index (χ1n) is 5.07. The third kappa shape index (κ3) is 3.04. The third-order valence-electron chi connectivity index (χ3n) is 2.33. The smallest absolute Gasteiger partial charge is 0.336 e. The predicted octanol–water partition coefficient (Wildman–Crippen LogP) is 1.45. The molecule has 0 spiro atoms. The fourth-order valence-corrected chi connectivity index (χ4v) is 1.68. The van der Waals surface area contributed by atoms with Crippen molar-refractivity contribution >= 4 is 11.9 Å². The van der Waals surface area contributed by atoms with Gasteiger partial charge in [-0.25, -0.2) is 9.59 Å². The summed E-state index contributed by atoms with van der Waals surface area (Å²) in [6, 6.07) is 2.99. The molecule has 92 valence electrons. The van der Waals surface area contributed by atoms with Gasteiger partial charge in [-0.05, 0) is 44.3 Å². The number of rotatable bonds is 4. The van der Waals surface area contributed by atoms with E-state index in [1.165, 1.54) is 12.1 Å². The number of nitrogens with zero attached hydrogens (tertiary/aromatic N) is 1. The molecule has 0 atom stereocenters. The van der Waals surface area contributed by atoms with Crippen molar-refractivity contribution in [1.82, 2.24) is 4.90 Å². The molecule has 0 aliphatic carbocycles. The summed E-state index contributed by atoms with van der Waals surface area (Å²) in [7, 11) is 3.52. The Balaban J connectivity index is 3.47. The zero-order chi connectivity index (χ0) is 13.2. The summed E-state index contributed by atoms with van der Waals surface area (Å²) in [6.45, 7) is 1.96. The van der Waals surface area contributed by atoms with Gasteiger partial charge in [0.25, 0.3) is 0 Å². The number of carbonyl (C=O) groups is 2. The van der Waals surface area contributed by atoms with Crippen LogP contribution in [0.1, 0.15) is 31.8 Å². The first kappa shape index (κ1) is 13.2. The molecule has 0 fully saturated rings. The Morgan fingerprint density at radius 1 is 1.12 bits per heavy atom. The molecule has 0 heterocycles. The second-order valence-corrected chi connectivity index (χ2v) is 4.19. The van der Waals surface area contributed by atoms with Gasteiger partial charge >= 0.3 is 11.9 Å². The molecule has 17 heavy (non-hydrogen) atoms. The molecule has 1 aromatic carbocycles. The van der Waals surface area contributed by atoms with Gasteiger partial charge in [0.2, 0.25) is 0 Å². The monoisotopic (exact) mass is 237 g/mol. The van der Waals surface area contributed by atoms with Crippen molar-refractivity contribution in [3.63, 3.8) is 0 Å². The van der Waals surface area contributed by atoms with Crippen molar-refractivity contribution in [2.45, 2.75) is 13.5 Å². The average molecular weight is 237 g/mol. The molecular formula is C12H15NO4. The number of hydrogen-bond donors (Lipinski definition) is 2. The molecule has 0 saturated carbocycles. The maximum atomic E-state index is 11.1. The van der Waals surface area contributed by atoms with Crippen LogP contribution in [0.15, 0.2) is 12.1 Å². The Hall–Kier alpha value is -1.88. The van der Waals surface area contributed by atoms with Crippen LogP contribution in [0.25, 0.3) is 0 Å². The van der Waals surface area contributed by atoms with Gasteiger partial charge in [0, 0.05) is 6.54 Å². The Bertz CT molecular complexity index is 431. The normalized spacial score (nSPS) is 10.6. The van der Waals surface area contributed by atoms with E-state index in [1.807, 2.05) is 0 Å². The van der Waals surface area contributed by atoms with Crippen molar-refractivity contribution in [2.24, 2.45) is 0 Å². The third-order valence-corrected chi connectivity index (χ3v) is 2.33. The molecule has 5 nitrogen and oxygen atoms in total. The standard InChI is InChI=1S/C12H15NO4/c1-7-4-8(11(14)15)10(6-13(2)3)9(5-7)12(16)17/h4-5H,6H2,1-3H3,(H,14,15)(H,16,17). The molecular weight excluding hydrogens is 222 g/mol. The van der Waals surface area contributed by atoms with E-state index >= 15 is 0 Å². The van der Waals surface area contributed by atoms with Gasteiger partial charge in [0.05, 0.1) is 11.1 Å². The van der Waals surface area contributed by atoms with E-state index in [-0.39, 0.29) is 17.7 Å². The lowest BCUT2D eigenvalue weighted by molar-refractivity contribution is 0.0694. The summed E-state index contributed by atoms with van der Waals surface area (Å²) in [6.07, 6.45) is 0. The number of carboxylic acids is 2. The molecule has 2 N–H and O–H groups in total. The SMILES string of the molecule is Cc1cc(C(=O)O)c(CN(C)C)c(C(=O)O)c1. The Morgan fingerprint density at radius 2 is 1.53 bits per heavy atom. The Labute approximate surface area is 99.3 Å². The van der Waals surface area contributed by atoms with Crippen LogP contribution in [0.5, 0.6) is 0 Å². The number of aromatic carboxylic acids is 2. The van der Waals surface area contributed by atoms with Crippen molar-refractivity contribution in [1.29, 1.82) is 0 Å². The first-order chi connectivity index (χ1) is 7.82. The molecule has 0 saturated heterocycles. The van der Waals surface area contributed by atoms with E-state index in [1.54, 1.807) is 25.9 Å². The van der Waals surface area contributed by atoms with Gasteiger partial charge in [-0.3, -0.25) is 0 Å². The summed E-state index contributed by atoms with van der Waals surface area (Å²) in [5.41, 5.74) is 1.06. The van der Waals surface area contributed by atoms with E-state index in [0.29, 0.717) is 11.1 Å². The molecule has 1 rings (SSSR count). The van der Waals surface area contributed by atoms with Crippen LogP contribution in [0, 0.1) is 6.92 Å². The Kier molecular flexibility index (Phi) is 3.85. The lowest BCUT2D eigenvalue weighted by Gasteiger charge is -2.15. The number of aryl methyl sites for hydroxylation is 1. The lowest BCUT2D eigenvalue weighted by atomic mass is 9.97. The Morgan fingerprint density at radius 3 is 1.82 bits per heavy atom. The van der Waals surface area contributed by atoms with E-state index < -0.39 is 11.9 Å². The van der Waals surface area contributed by atoms with E-state index in [4.69, 9.17) is 10.2 Å². The summed E-state index contributed by atoms with van der Waals surface area (Å²) < 4.78 is 0. The predicted molar refractivity (Wildman–Crippen MR) is 62.5 cm³/mol. The van der Waals surface area contributed by atoms with Crippen LogP contribution in [-0.4, -0.2) is 41.1 Å². The summed E-state index contributed by atoms with van der Waals surface area (Å²) in [5, 5.41) is 18.2. The lowest BCUT2D eigenvalue weighted by Crippen LogP contribution is -2.18. The van der Waals surface area contributed by atoms with Gasteiger partial charge in [0.1, 0.15) is 0 Å². The quantitative estimate of drug-likeness (QED) is 0.828. The highest BCUT2D eigenvalue weighted by atomic mass is 16.4. The zero-order valence-electron chi connectivity index (χ0n) is 10.0. The van der Waals surface area contributed by atoms with Crippen LogP contribution >= 0.6 is 0 Å². The molecule has 0 unspecified atom stereocenters. The summed E-state index contributed by atoms with van der Waals surface area (Å²) in [5.74, 6) is -2.21. The van der Waals surface area contributed by atoms with Gasteiger partial charge in [-0.15, -0.1) is 0 Å². The van der Waals surface area contributed by atoms with E-state index in [2.05, 4.69) is 0 Å². The second-order valence-electron chi connectivity index (χ2n) is 4.19. The summed E-state index contributed by atoms with van der Waals surface area (Å²) in [4.78, 5) is 24.0. The highest BCUT2D eigenvalue weighted by Crippen LogP contribution is 2.19. The molecule has 0 aromatic heterocycles. The fraction of sp³-hybridized carbons (Fsp3) is 0.333.